The lowest BCUT2D eigenvalue weighted by molar-refractivity contribution is -0.384. The van der Waals surface area contributed by atoms with Gasteiger partial charge in [-0.3, -0.25) is 19.8 Å². The van der Waals surface area contributed by atoms with Crippen LogP contribution in [0, 0.1) is 17.0 Å². The van der Waals surface area contributed by atoms with Gasteiger partial charge >= 0.3 is 0 Å². The van der Waals surface area contributed by atoms with Gasteiger partial charge in [0, 0.05) is 48.9 Å². The third-order valence-corrected chi connectivity index (χ3v) is 6.32. The molecule has 0 aliphatic carbocycles. The first-order valence-electron chi connectivity index (χ1n) is 11.7. The van der Waals surface area contributed by atoms with Crippen LogP contribution in [0.4, 0.5) is 11.4 Å². The minimum absolute atomic E-state index is 0.0649. The molecule has 0 unspecified atom stereocenters. The summed E-state index contributed by atoms with van der Waals surface area (Å²) in [6, 6.07) is 21.4. The van der Waals surface area contributed by atoms with Gasteiger partial charge in [0.15, 0.2) is 5.78 Å². The number of piperazine rings is 1. The summed E-state index contributed by atoms with van der Waals surface area (Å²) in [5.41, 5.74) is 3.32. The van der Waals surface area contributed by atoms with E-state index in [4.69, 9.17) is 4.52 Å². The molecule has 0 N–H and O–H groups in total. The molecule has 1 aliphatic heterocycles. The molecule has 0 radical (unpaired) electrons. The van der Waals surface area contributed by atoms with Crippen molar-refractivity contribution in [3.8, 4) is 11.4 Å². The van der Waals surface area contributed by atoms with Crippen molar-refractivity contribution in [2.24, 2.45) is 0 Å². The highest BCUT2D eigenvalue weighted by Gasteiger charge is 2.26. The number of nitro benzene ring substituents is 1. The number of hydrogen-bond acceptors (Lipinski definition) is 8. The zero-order valence-corrected chi connectivity index (χ0v) is 19.8. The van der Waals surface area contributed by atoms with Crippen LogP contribution in [0.1, 0.15) is 27.4 Å². The van der Waals surface area contributed by atoms with Gasteiger partial charge in [0.25, 0.3) is 5.69 Å². The average molecular weight is 484 g/mol. The molecule has 0 amide bonds. The Hall–Kier alpha value is -4.37. The van der Waals surface area contributed by atoms with Crippen LogP contribution < -0.4 is 4.90 Å². The predicted octanol–water partition coefficient (Wildman–Crippen LogP) is 4.51. The number of hydrogen-bond donors (Lipinski definition) is 0. The van der Waals surface area contributed by atoms with Gasteiger partial charge in [-0.1, -0.05) is 65.3 Å². The van der Waals surface area contributed by atoms with E-state index in [9.17, 15) is 14.9 Å². The lowest BCUT2D eigenvalue weighted by Gasteiger charge is -2.35. The number of carbonyl (C=O) groups excluding carboxylic acids is 1. The van der Waals surface area contributed by atoms with Crippen molar-refractivity contribution >= 4 is 17.2 Å². The Morgan fingerprint density at radius 3 is 2.39 bits per heavy atom. The first-order valence-corrected chi connectivity index (χ1v) is 11.7. The maximum Gasteiger partial charge on any atom is 0.293 e. The number of rotatable bonds is 7. The second-order valence-corrected chi connectivity index (χ2v) is 8.80. The molecule has 0 spiro atoms. The number of aryl methyl sites for hydroxylation is 1. The largest absolute Gasteiger partial charge is 0.363 e. The first kappa shape index (κ1) is 23.4. The fourth-order valence-electron chi connectivity index (χ4n) is 4.31. The summed E-state index contributed by atoms with van der Waals surface area (Å²) in [6.07, 6.45) is 0. The van der Waals surface area contributed by atoms with Crippen molar-refractivity contribution in [2.75, 3.05) is 31.1 Å². The van der Waals surface area contributed by atoms with Crippen LogP contribution in [0.3, 0.4) is 0 Å². The second-order valence-electron chi connectivity index (χ2n) is 8.80. The predicted molar refractivity (Wildman–Crippen MR) is 135 cm³/mol. The number of nitro groups is 1. The monoisotopic (exact) mass is 483 g/mol. The van der Waals surface area contributed by atoms with E-state index in [0.717, 1.165) is 11.1 Å². The Kier molecular flexibility index (Phi) is 6.55. The Bertz CT molecular complexity index is 1380. The molecule has 1 aliphatic rings. The minimum Gasteiger partial charge on any atom is -0.363 e. The molecule has 36 heavy (non-hydrogen) atoms. The smallest absolute Gasteiger partial charge is 0.293 e. The van der Waals surface area contributed by atoms with E-state index in [2.05, 4.69) is 15.0 Å². The molecule has 5 rings (SSSR count). The van der Waals surface area contributed by atoms with Gasteiger partial charge in [-0.2, -0.15) is 4.98 Å². The number of ketones is 1. The lowest BCUT2D eigenvalue weighted by Crippen LogP contribution is -2.46. The highest BCUT2D eigenvalue weighted by molar-refractivity contribution is 6.09. The van der Waals surface area contributed by atoms with Crippen molar-refractivity contribution in [2.45, 2.75) is 13.5 Å². The van der Waals surface area contributed by atoms with E-state index in [0.29, 0.717) is 61.3 Å². The van der Waals surface area contributed by atoms with E-state index in [1.54, 1.807) is 36.4 Å². The molecule has 182 valence electrons. The van der Waals surface area contributed by atoms with Gasteiger partial charge in [0.1, 0.15) is 5.69 Å². The third kappa shape index (κ3) is 5.01. The SMILES string of the molecule is Cc1ccc(-c2noc(CN3CCN(c4ccc(C(=O)c5ccccc5)cc4[N+](=O)[O-])CC3)n2)cc1. The van der Waals surface area contributed by atoms with E-state index in [-0.39, 0.29) is 11.5 Å². The fraction of sp³-hybridized carbons (Fsp3) is 0.222. The van der Waals surface area contributed by atoms with Crippen molar-refractivity contribution in [3.63, 3.8) is 0 Å². The quantitative estimate of drug-likeness (QED) is 0.215. The molecule has 0 atom stereocenters. The normalized spacial score (nSPS) is 14.1. The Balaban J connectivity index is 1.25. The van der Waals surface area contributed by atoms with Crippen LogP contribution in [0.2, 0.25) is 0 Å². The topological polar surface area (TPSA) is 106 Å². The van der Waals surface area contributed by atoms with Gasteiger partial charge in [-0.05, 0) is 19.1 Å². The third-order valence-electron chi connectivity index (χ3n) is 6.32. The van der Waals surface area contributed by atoms with Gasteiger partial charge in [-0.25, -0.2) is 0 Å². The molecule has 1 aromatic heterocycles. The number of aromatic nitrogens is 2. The zero-order valence-electron chi connectivity index (χ0n) is 19.8. The van der Waals surface area contributed by atoms with Crippen molar-refractivity contribution in [1.29, 1.82) is 0 Å². The number of benzene rings is 3. The summed E-state index contributed by atoms with van der Waals surface area (Å²) in [7, 11) is 0. The van der Waals surface area contributed by atoms with Crippen LogP contribution in [0.25, 0.3) is 11.4 Å². The van der Waals surface area contributed by atoms with Crippen LogP contribution in [0.5, 0.6) is 0 Å². The van der Waals surface area contributed by atoms with E-state index < -0.39 is 4.92 Å². The summed E-state index contributed by atoms with van der Waals surface area (Å²) in [5, 5.41) is 15.9. The Labute approximate surface area is 208 Å². The highest BCUT2D eigenvalue weighted by atomic mass is 16.6. The van der Waals surface area contributed by atoms with Gasteiger partial charge in [0.05, 0.1) is 11.5 Å². The zero-order chi connectivity index (χ0) is 25.1. The number of carbonyl (C=O) groups is 1. The fourth-order valence-corrected chi connectivity index (χ4v) is 4.31. The molecule has 9 heteroatoms. The van der Waals surface area contributed by atoms with Gasteiger partial charge in [-0.15, -0.1) is 0 Å². The standard InChI is InChI=1S/C27H25N5O4/c1-19-7-9-21(10-8-19)27-28-25(36-29-27)18-30-13-15-31(16-14-30)23-12-11-22(17-24(23)32(34)35)26(33)20-5-3-2-4-6-20/h2-12,17H,13-16,18H2,1H3. The van der Waals surface area contributed by atoms with Crippen LogP contribution >= 0.6 is 0 Å². The molecule has 1 saturated heterocycles. The molecular weight excluding hydrogens is 458 g/mol. The molecule has 9 nitrogen and oxygen atoms in total. The van der Waals surface area contributed by atoms with Crippen LogP contribution in [-0.4, -0.2) is 51.9 Å². The summed E-state index contributed by atoms with van der Waals surface area (Å²) >= 11 is 0. The van der Waals surface area contributed by atoms with Crippen molar-refractivity contribution in [3.05, 3.63) is 105 Å². The van der Waals surface area contributed by atoms with Crippen molar-refractivity contribution in [1.82, 2.24) is 15.0 Å². The molecule has 1 fully saturated rings. The van der Waals surface area contributed by atoms with Crippen molar-refractivity contribution < 1.29 is 14.2 Å². The van der Waals surface area contributed by atoms with Crippen LogP contribution in [-0.2, 0) is 6.54 Å². The van der Waals surface area contributed by atoms with Crippen LogP contribution in [0.15, 0.2) is 77.3 Å². The summed E-state index contributed by atoms with van der Waals surface area (Å²) < 4.78 is 5.45. The summed E-state index contributed by atoms with van der Waals surface area (Å²) in [5.74, 6) is 0.859. The summed E-state index contributed by atoms with van der Waals surface area (Å²) in [4.78, 5) is 32.9. The van der Waals surface area contributed by atoms with E-state index >= 15 is 0 Å². The average Bonchev–Trinajstić information content (AvgIpc) is 3.37. The molecule has 2 heterocycles. The van der Waals surface area contributed by atoms with Gasteiger partial charge in [0.2, 0.25) is 11.7 Å². The maximum atomic E-state index is 12.8. The minimum atomic E-state index is -0.422. The second kappa shape index (κ2) is 10.1. The molecule has 0 bridgehead atoms. The maximum absolute atomic E-state index is 12.8. The molecule has 3 aromatic carbocycles. The Morgan fingerprint density at radius 2 is 1.69 bits per heavy atom. The summed E-state index contributed by atoms with van der Waals surface area (Å²) in [6.45, 7) is 5.11. The number of nitrogens with zero attached hydrogens (tertiary/aromatic N) is 5. The molecule has 4 aromatic rings. The first-order chi connectivity index (χ1) is 17.5. The lowest BCUT2D eigenvalue weighted by atomic mass is 10.0. The molecule has 0 saturated carbocycles. The molecular formula is C27H25N5O4. The highest BCUT2D eigenvalue weighted by Crippen LogP contribution is 2.31. The van der Waals surface area contributed by atoms with E-state index in [1.807, 2.05) is 42.2 Å². The van der Waals surface area contributed by atoms with Gasteiger partial charge < -0.3 is 9.42 Å². The number of anilines is 1. The van der Waals surface area contributed by atoms with E-state index in [1.165, 1.54) is 6.07 Å². The Morgan fingerprint density at radius 1 is 0.972 bits per heavy atom.